The first-order valence-corrected chi connectivity index (χ1v) is 8.51. The Kier molecular flexibility index (Phi) is 6.35. The molecular weight excluding hydrogens is 333 g/mol. The van der Waals surface area contributed by atoms with Crippen LogP contribution in [0, 0.1) is 0 Å². The number of aliphatic hydroxyl groups is 1. The van der Waals surface area contributed by atoms with Gasteiger partial charge in [-0.3, -0.25) is 4.90 Å². The van der Waals surface area contributed by atoms with Crippen molar-refractivity contribution in [2.75, 3.05) is 44.2 Å². The number of ether oxygens (including phenoxy) is 1. The van der Waals surface area contributed by atoms with Crippen LogP contribution in [0.5, 0.6) is 0 Å². The number of nitrogens with zero attached hydrogens (tertiary/aromatic N) is 2. The number of piperazine rings is 1. The standard InChI is InChI=1S/C18H27F3N2O2/c1-17(2,3)25-13-16(24)12-22-7-9-23(10-8-22)15-6-4-5-14(11-15)18(19,20)21/h4-6,11,16,24H,7-10,12-13H2,1-3H3/t16-/m0/s1. The lowest BCUT2D eigenvalue weighted by Gasteiger charge is -2.37. The third-order valence-electron chi connectivity index (χ3n) is 4.09. The van der Waals surface area contributed by atoms with Gasteiger partial charge >= 0.3 is 6.18 Å². The second-order valence-corrected chi connectivity index (χ2v) is 7.41. The summed E-state index contributed by atoms with van der Waals surface area (Å²) in [5.74, 6) is 0. The van der Waals surface area contributed by atoms with E-state index < -0.39 is 17.8 Å². The molecule has 0 radical (unpaired) electrons. The molecule has 1 saturated heterocycles. The van der Waals surface area contributed by atoms with E-state index in [1.807, 2.05) is 25.7 Å². The van der Waals surface area contributed by atoms with Gasteiger partial charge in [0.2, 0.25) is 0 Å². The van der Waals surface area contributed by atoms with Crippen molar-refractivity contribution in [3.05, 3.63) is 29.8 Å². The smallest absolute Gasteiger partial charge is 0.389 e. The topological polar surface area (TPSA) is 35.9 Å². The highest BCUT2D eigenvalue weighted by atomic mass is 19.4. The number of β-amino-alcohol motifs (C(OH)–C–C–N with tert-alkyl or cyclic N) is 1. The van der Waals surface area contributed by atoms with Gasteiger partial charge in [-0.2, -0.15) is 13.2 Å². The van der Waals surface area contributed by atoms with Gasteiger partial charge < -0.3 is 14.7 Å². The molecule has 1 atom stereocenters. The quantitative estimate of drug-likeness (QED) is 0.876. The van der Waals surface area contributed by atoms with Crippen molar-refractivity contribution in [1.29, 1.82) is 0 Å². The van der Waals surface area contributed by atoms with Crippen LogP contribution in [0.2, 0.25) is 0 Å². The number of rotatable bonds is 5. The second kappa shape index (κ2) is 7.93. The number of alkyl halides is 3. The number of anilines is 1. The zero-order chi connectivity index (χ0) is 18.7. The predicted molar refractivity (Wildman–Crippen MR) is 91.8 cm³/mol. The number of benzene rings is 1. The number of aliphatic hydroxyl groups excluding tert-OH is 1. The Morgan fingerprint density at radius 3 is 2.32 bits per heavy atom. The van der Waals surface area contributed by atoms with Gasteiger partial charge in [0.05, 0.1) is 23.9 Å². The molecular formula is C18H27F3N2O2. The van der Waals surface area contributed by atoms with Gasteiger partial charge in [-0.1, -0.05) is 6.07 Å². The van der Waals surface area contributed by atoms with Crippen LogP contribution >= 0.6 is 0 Å². The van der Waals surface area contributed by atoms with Crippen molar-refractivity contribution in [2.45, 2.75) is 38.7 Å². The lowest BCUT2D eigenvalue weighted by atomic mass is 10.1. The Bertz CT molecular complexity index is 550. The molecule has 1 N–H and O–H groups in total. The van der Waals surface area contributed by atoms with Gasteiger partial charge in [-0.25, -0.2) is 0 Å². The normalized spacial score (nSPS) is 18.4. The van der Waals surface area contributed by atoms with Crippen LogP contribution in [0.25, 0.3) is 0 Å². The van der Waals surface area contributed by atoms with E-state index in [9.17, 15) is 18.3 Å². The third-order valence-corrected chi connectivity index (χ3v) is 4.09. The molecule has 0 saturated carbocycles. The van der Waals surface area contributed by atoms with E-state index in [1.165, 1.54) is 12.1 Å². The van der Waals surface area contributed by atoms with E-state index in [4.69, 9.17) is 4.74 Å². The molecule has 0 aromatic heterocycles. The van der Waals surface area contributed by atoms with Crippen LogP contribution in [-0.2, 0) is 10.9 Å². The molecule has 1 aliphatic heterocycles. The van der Waals surface area contributed by atoms with Crippen LogP contribution in [0.1, 0.15) is 26.3 Å². The summed E-state index contributed by atoms with van der Waals surface area (Å²) in [5.41, 5.74) is -0.323. The van der Waals surface area contributed by atoms with Crippen LogP contribution in [-0.4, -0.2) is 61.0 Å². The number of hydrogen-bond acceptors (Lipinski definition) is 4. The van der Waals surface area contributed by atoms with Crippen LogP contribution in [0.3, 0.4) is 0 Å². The van der Waals surface area contributed by atoms with Crippen molar-refractivity contribution in [3.8, 4) is 0 Å². The van der Waals surface area contributed by atoms with Gasteiger partial charge in [0, 0.05) is 38.4 Å². The Labute approximate surface area is 147 Å². The largest absolute Gasteiger partial charge is 0.416 e. The first-order chi connectivity index (χ1) is 11.5. The maximum absolute atomic E-state index is 12.8. The van der Waals surface area contributed by atoms with Gasteiger partial charge in [-0.05, 0) is 39.0 Å². The van der Waals surface area contributed by atoms with Crippen LogP contribution in [0.15, 0.2) is 24.3 Å². The molecule has 1 aromatic rings. The van der Waals surface area contributed by atoms with Crippen molar-refractivity contribution in [1.82, 2.24) is 4.90 Å². The molecule has 1 aliphatic rings. The van der Waals surface area contributed by atoms with Gasteiger partial charge in [0.1, 0.15) is 0 Å². The Hall–Kier alpha value is -1.31. The molecule has 7 heteroatoms. The molecule has 0 amide bonds. The van der Waals surface area contributed by atoms with E-state index in [0.717, 1.165) is 6.07 Å². The van der Waals surface area contributed by atoms with Crippen molar-refractivity contribution >= 4 is 5.69 Å². The molecule has 0 spiro atoms. The van der Waals surface area contributed by atoms with Crippen LogP contribution < -0.4 is 4.90 Å². The maximum Gasteiger partial charge on any atom is 0.416 e. The SMILES string of the molecule is CC(C)(C)OC[C@@H](O)CN1CCN(c2cccc(C(F)(F)F)c2)CC1. The lowest BCUT2D eigenvalue weighted by molar-refractivity contribution is -0.137. The van der Waals surface area contributed by atoms with Crippen LogP contribution in [0.4, 0.5) is 18.9 Å². The first-order valence-electron chi connectivity index (χ1n) is 8.51. The Balaban J connectivity index is 1.84. The van der Waals surface area contributed by atoms with Crippen molar-refractivity contribution in [2.24, 2.45) is 0 Å². The molecule has 25 heavy (non-hydrogen) atoms. The fourth-order valence-electron chi connectivity index (χ4n) is 2.76. The number of halogens is 3. The van der Waals surface area contributed by atoms with Gasteiger partial charge in [0.15, 0.2) is 0 Å². The highest BCUT2D eigenvalue weighted by Gasteiger charge is 2.31. The molecule has 0 aliphatic carbocycles. The summed E-state index contributed by atoms with van der Waals surface area (Å²) in [4.78, 5) is 4.06. The Morgan fingerprint density at radius 1 is 1.12 bits per heavy atom. The minimum atomic E-state index is -4.32. The average molecular weight is 360 g/mol. The molecule has 1 heterocycles. The maximum atomic E-state index is 12.8. The van der Waals surface area contributed by atoms with Gasteiger partial charge in [-0.15, -0.1) is 0 Å². The summed E-state index contributed by atoms with van der Waals surface area (Å²) in [5, 5.41) is 10.1. The number of hydrogen-bond donors (Lipinski definition) is 1. The lowest BCUT2D eigenvalue weighted by Crippen LogP contribution is -2.49. The zero-order valence-corrected chi connectivity index (χ0v) is 15.0. The fourth-order valence-corrected chi connectivity index (χ4v) is 2.76. The molecule has 0 unspecified atom stereocenters. The highest BCUT2D eigenvalue weighted by molar-refractivity contribution is 5.49. The molecule has 4 nitrogen and oxygen atoms in total. The molecule has 1 fully saturated rings. The van der Waals surface area contributed by atoms with E-state index >= 15 is 0 Å². The van der Waals surface area contributed by atoms with Crippen molar-refractivity contribution in [3.63, 3.8) is 0 Å². The highest BCUT2D eigenvalue weighted by Crippen LogP contribution is 2.31. The summed E-state index contributed by atoms with van der Waals surface area (Å²) in [6.07, 6.45) is -4.89. The average Bonchev–Trinajstić information content (AvgIpc) is 2.52. The summed E-state index contributed by atoms with van der Waals surface area (Å²) < 4.78 is 44.1. The minimum absolute atomic E-state index is 0.275. The van der Waals surface area contributed by atoms with E-state index in [2.05, 4.69) is 4.90 Å². The van der Waals surface area contributed by atoms with Crippen molar-refractivity contribution < 1.29 is 23.0 Å². The summed E-state index contributed by atoms with van der Waals surface area (Å²) in [6.45, 7) is 9.26. The monoisotopic (exact) mass is 360 g/mol. The third kappa shape index (κ3) is 6.49. The fraction of sp³-hybridized carbons (Fsp3) is 0.667. The zero-order valence-electron chi connectivity index (χ0n) is 15.0. The van der Waals surface area contributed by atoms with Gasteiger partial charge in [0.25, 0.3) is 0 Å². The molecule has 142 valence electrons. The predicted octanol–water partition coefficient (Wildman–Crippen LogP) is 3.00. The van der Waals surface area contributed by atoms with E-state index in [-0.39, 0.29) is 12.2 Å². The molecule has 0 bridgehead atoms. The van der Waals surface area contributed by atoms with E-state index in [0.29, 0.717) is 38.4 Å². The summed E-state index contributed by atoms with van der Waals surface area (Å²) in [6, 6.07) is 5.43. The van der Waals surface area contributed by atoms with E-state index in [1.54, 1.807) is 6.07 Å². The first kappa shape index (κ1) is 20.0. The minimum Gasteiger partial charge on any atom is -0.389 e. The second-order valence-electron chi connectivity index (χ2n) is 7.41. The summed E-state index contributed by atoms with van der Waals surface area (Å²) >= 11 is 0. The molecule has 1 aromatic carbocycles. The Morgan fingerprint density at radius 2 is 1.76 bits per heavy atom. The molecule has 2 rings (SSSR count). The summed E-state index contributed by atoms with van der Waals surface area (Å²) in [7, 11) is 0.